The highest BCUT2D eigenvalue weighted by atomic mass is 16.3. The van der Waals surface area contributed by atoms with E-state index < -0.39 is 23.9 Å². The van der Waals surface area contributed by atoms with Crippen LogP contribution in [0.25, 0.3) is 12.2 Å². The monoisotopic (exact) mass is 435 g/mol. The molecule has 7 nitrogen and oxygen atoms in total. The zero-order valence-corrected chi connectivity index (χ0v) is 18.4. The van der Waals surface area contributed by atoms with Crippen molar-refractivity contribution in [3.05, 3.63) is 69.6 Å². The molecule has 1 aromatic carbocycles. The maximum absolute atomic E-state index is 13.3. The van der Waals surface area contributed by atoms with Gasteiger partial charge >= 0.3 is 0 Å². The summed E-state index contributed by atoms with van der Waals surface area (Å²) in [6.45, 7) is 4.02. The van der Waals surface area contributed by atoms with Gasteiger partial charge in [0.25, 0.3) is 5.56 Å². The van der Waals surface area contributed by atoms with E-state index in [2.05, 4.69) is 5.32 Å². The SMILES string of the molecule is CCCNC(=O)[C@@H]1[C@@H](CO)[C@@H]2Cn3c(ccc(/C=C/c4ccccc4)c3=O)[C@H]1N2C(C)=O. The van der Waals surface area contributed by atoms with Gasteiger partial charge in [0.05, 0.1) is 18.0 Å². The molecule has 2 bridgehead atoms. The number of nitrogens with one attached hydrogen (secondary N) is 1. The van der Waals surface area contributed by atoms with Gasteiger partial charge in [0.1, 0.15) is 0 Å². The van der Waals surface area contributed by atoms with Gasteiger partial charge in [-0.25, -0.2) is 0 Å². The number of pyridine rings is 1. The summed E-state index contributed by atoms with van der Waals surface area (Å²) in [5.74, 6) is -1.36. The van der Waals surface area contributed by atoms with Gasteiger partial charge in [-0.2, -0.15) is 0 Å². The van der Waals surface area contributed by atoms with Crippen molar-refractivity contribution in [2.45, 2.75) is 38.9 Å². The van der Waals surface area contributed by atoms with E-state index in [1.807, 2.05) is 49.4 Å². The second kappa shape index (κ2) is 9.12. The molecule has 168 valence electrons. The van der Waals surface area contributed by atoms with E-state index >= 15 is 0 Å². The van der Waals surface area contributed by atoms with Crippen molar-refractivity contribution in [3.8, 4) is 0 Å². The van der Waals surface area contributed by atoms with Crippen LogP contribution in [0.5, 0.6) is 0 Å². The molecule has 0 aliphatic carbocycles. The lowest BCUT2D eigenvalue weighted by Crippen LogP contribution is -2.48. The Kier molecular flexibility index (Phi) is 6.28. The highest BCUT2D eigenvalue weighted by Crippen LogP contribution is 2.48. The molecular formula is C25H29N3O4. The van der Waals surface area contributed by atoms with Crippen LogP contribution in [0.15, 0.2) is 47.3 Å². The van der Waals surface area contributed by atoms with E-state index in [-0.39, 0.29) is 30.5 Å². The third-order valence-corrected chi connectivity index (χ3v) is 6.54. The number of hydrogen-bond donors (Lipinski definition) is 2. The number of nitrogens with zero attached hydrogens (tertiary/aromatic N) is 2. The number of carbonyl (C=O) groups excluding carboxylic acids is 2. The van der Waals surface area contributed by atoms with Crippen LogP contribution in [0, 0.1) is 11.8 Å². The van der Waals surface area contributed by atoms with Crippen LogP contribution in [0.3, 0.4) is 0 Å². The summed E-state index contributed by atoms with van der Waals surface area (Å²) < 4.78 is 1.68. The Morgan fingerprint density at radius 3 is 2.56 bits per heavy atom. The van der Waals surface area contributed by atoms with Crippen molar-refractivity contribution < 1.29 is 14.7 Å². The maximum atomic E-state index is 13.3. The number of hydrogen-bond acceptors (Lipinski definition) is 4. The number of aliphatic hydroxyl groups excluding tert-OH is 1. The average Bonchev–Trinajstić information content (AvgIpc) is 3.05. The molecule has 32 heavy (non-hydrogen) atoms. The van der Waals surface area contributed by atoms with Gasteiger partial charge in [-0.1, -0.05) is 43.3 Å². The van der Waals surface area contributed by atoms with Gasteiger partial charge < -0.3 is 19.9 Å². The molecule has 0 unspecified atom stereocenters. The fraction of sp³-hybridized carbons (Fsp3) is 0.400. The predicted molar refractivity (Wildman–Crippen MR) is 122 cm³/mol. The van der Waals surface area contributed by atoms with Crippen LogP contribution < -0.4 is 10.9 Å². The Morgan fingerprint density at radius 2 is 1.91 bits per heavy atom. The molecule has 1 aromatic heterocycles. The Balaban J connectivity index is 1.76. The largest absolute Gasteiger partial charge is 0.396 e. The van der Waals surface area contributed by atoms with Gasteiger partial charge in [-0.05, 0) is 30.2 Å². The average molecular weight is 436 g/mol. The van der Waals surface area contributed by atoms with Crippen molar-refractivity contribution in [1.82, 2.24) is 14.8 Å². The lowest BCUT2D eigenvalue weighted by atomic mass is 9.86. The molecule has 1 fully saturated rings. The minimum atomic E-state index is -0.598. The number of aromatic nitrogens is 1. The molecule has 2 aromatic rings. The molecule has 4 atom stereocenters. The molecule has 3 heterocycles. The minimum Gasteiger partial charge on any atom is -0.396 e. The van der Waals surface area contributed by atoms with E-state index in [1.54, 1.807) is 21.6 Å². The zero-order chi connectivity index (χ0) is 22.8. The van der Waals surface area contributed by atoms with Gasteiger partial charge in [0.2, 0.25) is 11.8 Å². The van der Waals surface area contributed by atoms with E-state index in [0.717, 1.165) is 12.0 Å². The molecule has 2 aliphatic heterocycles. The second-order valence-electron chi connectivity index (χ2n) is 8.48. The molecule has 1 saturated heterocycles. The Hall–Kier alpha value is -3.19. The fourth-order valence-corrected chi connectivity index (χ4v) is 5.10. The fourth-order valence-electron chi connectivity index (χ4n) is 5.10. The molecular weight excluding hydrogens is 406 g/mol. The van der Waals surface area contributed by atoms with Gasteiger partial charge in [-0.15, -0.1) is 0 Å². The van der Waals surface area contributed by atoms with Crippen molar-refractivity contribution in [3.63, 3.8) is 0 Å². The number of carbonyl (C=O) groups is 2. The van der Waals surface area contributed by atoms with E-state index in [0.29, 0.717) is 17.8 Å². The van der Waals surface area contributed by atoms with Crippen LogP contribution in [-0.4, -0.2) is 45.6 Å². The Morgan fingerprint density at radius 1 is 1.16 bits per heavy atom. The summed E-state index contributed by atoms with van der Waals surface area (Å²) in [4.78, 5) is 40.6. The topological polar surface area (TPSA) is 91.6 Å². The summed E-state index contributed by atoms with van der Waals surface area (Å²) in [6, 6.07) is 12.3. The van der Waals surface area contributed by atoms with E-state index in [4.69, 9.17) is 0 Å². The smallest absolute Gasteiger partial charge is 0.258 e. The number of benzene rings is 1. The zero-order valence-electron chi connectivity index (χ0n) is 18.4. The van der Waals surface area contributed by atoms with Crippen LogP contribution >= 0.6 is 0 Å². The van der Waals surface area contributed by atoms with Crippen LogP contribution in [0.2, 0.25) is 0 Å². The summed E-state index contributed by atoms with van der Waals surface area (Å²) >= 11 is 0. The van der Waals surface area contributed by atoms with Crippen LogP contribution in [0.1, 0.15) is 43.1 Å². The van der Waals surface area contributed by atoms with Gasteiger partial charge in [0, 0.05) is 43.8 Å². The molecule has 0 saturated carbocycles. The summed E-state index contributed by atoms with van der Waals surface area (Å²) in [5, 5.41) is 13.1. The first-order valence-corrected chi connectivity index (χ1v) is 11.1. The van der Waals surface area contributed by atoms with Crippen molar-refractivity contribution in [1.29, 1.82) is 0 Å². The van der Waals surface area contributed by atoms with Gasteiger partial charge in [-0.3, -0.25) is 14.4 Å². The number of amides is 2. The number of aliphatic hydroxyl groups is 1. The standard InChI is InChI=1S/C25H29N3O4/c1-3-13-26-24(31)22-19(15-29)21-14-27-20(23(22)28(21)16(2)30)12-11-18(25(27)32)10-9-17-7-5-4-6-8-17/h4-12,19,21-23,29H,3,13-15H2,1-2H3,(H,26,31)/b10-9+/t19-,21-,22+,23+/m0/s1. The quantitative estimate of drug-likeness (QED) is 0.727. The molecule has 2 aliphatic rings. The second-order valence-corrected chi connectivity index (χ2v) is 8.48. The minimum absolute atomic E-state index is 0.154. The van der Waals surface area contributed by atoms with E-state index in [1.165, 1.54) is 6.92 Å². The van der Waals surface area contributed by atoms with Crippen LogP contribution in [0.4, 0.5) is 0 Å². The number of fused-ring (bicyclic) bond motifs is 4. The van der Waals surface area contributed by atoms with Crippen molar-refractivity contribution in [2.24, 2.45) is 11.8 Å². The third kappa shape index (κ3) is 3.77. The molecule has 4 rings (SSSR count). The molecule has 7 heteroatoms. The van der Waals surface area contributed by atoms with Crippen molar-refractivity contribution >= 4 is 24.0 Å². The lowest BCUT2D eigenvalue weighted by molar-refractivity contribution is -0.134. The molecule has 0 spiro atoms. The first-order chi connectivity index (χ1) is 15.5. The summed E-state index contributed by atoms with van der Waals surface area (Å²) in [6.07, 6.45) is 4.47. The summed E-state index contributed by atoms with van der Waals surface area (Å²) in [7, 11) is 0. The van der Waals surface area contributed by atoms with Crippen molar-refractivity contribution in [2.75, 3.05) is 13.2 Å². The predicted octanol–water partition coefficient (Wildman–Crippen LogP) is 2.06. The molecule has 0 radical (unpaired) electrons. The molecule has 2 amide bonds. The Bertz CT molecular complexity index is 1090. The van der Waals surface area contributed by atoms with E-state index in [9.17, 15) is 19.5 Å². The Labute approximate surface area is 187 Å². The third-order valence-electron chi connectivity index (χ3n) is 6.54. The normalized spacial score (nSPS) is 23.9. The number of rotatable bonds is 6. The molecule has 2 N–H and O–H groups in total. The van der Waals surface area contributed by atoms with Crippen LogP contribution in [-0.2, 0) is 16.1 Å². The maximum Gasteiger partial charge on any atom is 0.258 e. The summed E-state index contributed by atoms with van der Waals surface area (Å²) in [5.41, 5.74) is 2.02. The first-order valence-electron chi connectivity index (χ1n) is 11.1. The van der Waals surface area contributed by atoms with Gasteiger partial charge in [0.15, 0.2) is 0 Å². The first kappa shape index (κ1) is 22.0. The highest BCUT2D eigenvalue weighted by Gasteiger charge is 2.56. The lowest BCUT2D eigenvalue weighted by Gasteiger charge is -2.37. The highest BCUT2D eigenvalue weighted by molar-refractivity contribution is 5.83.